The molecule has 1 aromatic carbocycles. The molecule has 7 heteroatoms. The van der Waals surface area contributed by atoms with Crippen molar-refractivity contribution in [2.24, 2.45) is 5.92 Å². The summed E-state index contributed by atoms with van der Waals surface area (Å²) in [5.41, 5.74) is 0.0944. The zero-order valence-corrected chi connectivity index (χ0v) is 14.3. The van der Waals surface area contributed by atoms with Crippen LogP contribution in [0.3, 0.4) is 0 Å². The molecule has 0 bridgehead atoms. The first-order valence-electron chi connectivity index (χ1n) is 7.53. The largest absolute Gasteiger partial charge is 0.507 e. The van der Waals surface area contributed by atoms with Gasteiger partial charge in [0.2, 0.25) is 0 Å². The second kappa shape index (κ2) is 9.25. The smallest absolute Gasteiger partial charge is 0.407 e. The van der Waals surface area contributed by atoms with Gasteiger partial charge < -0.3 is 20.5 Å². The summed E-state index contributed by atoms with van der Waals surface area (Å²) in [5, 5.41) is 15.5. The van der Waals surface area contributed by atoms with E-state index in [1.165, 1.54) is 18.2 Å². The number of nitrogens with one attached hydrogen (secondary N) is 2. The van der Waals surface area contributed by atoms with Crippen molar-refractivity contribution in [2.45, 2.75) is 33.2 Å². The van der Waals surface area contributed by atoms with Crippen molar-refractivity contribution in [3.8, 4) is 5.75 Å². The maximum Gasteiger partial charge on any atom is 0.407 e. The van der Waals surface area contributed by atoms with Gasteiger partial charge in [0, 0.05) is 17.6 Å². The quantitative estimate of drug-likeness (QED) is 0.711. The van der Waals surface area contributed by atoms with Crippen molar-refractivity contribution < 1.29 is 19.4 Å². The topological polar surface area (TPSA) is 87.7 Å². The number of alkyl carbamates (subject to hydrolysis) is 1. The molecule has 1 aromatic rings. The average Bonchev–Trinajstić information content (AvgIpc) is 2.46. The lowest BCUT2D eigenvalue weighted by Crippen LogP contribution is -2.44. The molecule has 6 nitrogen and oxygen atoms in total. The van der Waals surface area contributed by atoms with Crippen LogP contribution in [0.25, 0.3) is 0 Å². The third-order valence-electron chi connectivity index (χ3n) is 3.07. The summed E-state index contributed by atoms with van der Waals surface area (Å²) < 4.78 is 4.86. The van der Waals surface area contributed by atoms with E-state index in [1.807, 2.05) is 13.8 Å². The number of ether oxygens (including phenoxy) is 1. The summed E-state index contributed by atoms with van der Waals surface area (Å²) in [4.78, 5) is 23.7. The lowest BCUT2D eigenvalue weighted by Gasteiger charge is -2.21. The molecule has 1 rings (SSSR count). The van der Waals surface area contributed by atoms with Crippen molar-refractivity contribution in [1.82, 2.24) is 10.6 Å². The molecule has 0 aromatic heterocycles. The maximum atomic E-state index is 12.1. The summed E-state index contributed by atoms with van der Waals surface area (Å²) in [6.45, 7) is 6.26. The van der Waals surface area contributed by atoms with E-state index >= 15 is 0 Å². The molecule has 0 fully saturated rings. The Bertz CT molecular complexity index is 549. The lowest BCUT2D eigenvalue weighted by atomic mass is 10.0. The van der Waals surface area contributed by atoms with E-state index in [9.17, 15) is 14.7 Å². The number of rotatable bonds is 7. The van der Waals surface area contributed by atoms with E-state index in [0.717, 1.165) is 0 Å². The van der Waals surface area contributed by atoms with E-state index in [4.69, 9.17) is 16.3 Å². The van der Waals surface area contributed by atoms with Crippen molar-refractivity contribution >= 4 is 23.6 Å². The number of hydrogen-bond donors (Lipinski definition) is 3. The first-order chi connectivity index (χ1) is 10.8. The summed E-state index contributed by atoms with van der Waals surface area (Å²) in [6, 6.07) is 3.99. The standard InChI is InChI=1S/C16H23ClN2O4/c1-4-23-16(22)19-12(7-10(2)3)9-18-15(21)13-8-11(17)5-6-14(13)20/h5-6,8,10,12,20H,4,7,9H2,1-3H3,(H,18,21)(H,19,22). The Balaban J connectivity index is 2.67. The number of phenols is 1. The molecule has 0 radical (unpaired) electrons. The molecule has 0 aliphatic carbocycles. The number of hydrogen-bond acceptors (Lipinski definition) is 4. The molecule has 0 heterocycles. The molecular weight excluding hydrogens is 320 g/mol. The Morgan fingerprint density at radius 3 is 2.65 bits per heavy atom. The zero-order valence-electron chi connectivity index (χ0n) is 13.6. The van der Waals surface area contributed by atoms with Gasteiger partial charge in [-0.25, -0.2) is 4.79 Å². The van der Waals surface area contributed by atoms with Gasteiger partial charge in [-0.3, -0.25) is 4.79 Å². The molecule has 1 atom stereocenters. The molecule has 0 aliphatic rings. The minimum absolute atomic E-state index is 0.0944. The average molecular weight is 343 g/mol. The van der Waals surface area contributed by atoms with Crippen molar-refractivity contribution in [3.63, 3.8) is 0 Å². The summed E-state index contributed by atoms with van der Waals surface area (Å²) in [7, 11) is 0. The van der Waals surface area contributed by atoms with E-state index in [0.29, 0.717) is 17.4 Å². The molecule has 0 saturated heterocycles. The fraction of sp³-hybridized carbons (Fsp3) is 0.500. The van der Waals surface area contributed by atoms with E-state index in [1.54, 1.807) is 6.92 Å². The first-order valence-corrected chi connectivity index (χ1v) is 7.91. The molecule has 2 amide bonds. The highest BCUT2D eigenvalue weighted by Crippen LogP contribution is 2.21. The highest BCUT2D eigenvalue weighted by atomic mass is 35.5. The molecule has 3 N–H and O–H groups in total. The number of amides is 2. The third kappa shape index (κ3) is 6.78. The Labute approximate surface area is 141 Å². The number of carbonyl (C=O) groups excluding carboxylic acids is 2. The van der Waals surface area contributed by atoms with Crippen LogP contribution in [-0.2, 0) is 4.74 Å². The predicted molar refractivity (Wildman–Crippen MR) is 88.9 cm³/mol. The SMILES string of the molecule is CCOC(=O)NC(CNC(=O)c1cc(Cl)ccc1O)CC(C)C. The Morgan fingerprint density at radius 2 is 2.04 bits per heavy atom. The number of carbonyl (C=O) groups is 2. The first kappa shape index (κ1) is 19.1. The van der Waals surface area contributed by atoms with Crippen LogP contribution in [0.5, 0.6) is 5.75 Å². The second-order valence-corrected chi connectivity index (χ2v) is 6.00. The minimum atomic E-state index is -0.516. The molecule has 1 unspecified atom stereocenters. The van der Waals surface area contributed by atoms with Gasteiger partial charge in [-0.2, -0.15) is 0 Å². The molecule has 23 heavy (non-hydrogen) atoms. The molecule has 0 aliphatic heterocycles. The molecular formula is C16H23ClN2O4. The number of aromatic hydroxyl groups is 1. The van der Waals surface area contributed by atoms with E-state index < -0.39 is 12.0 Å². The van der Waals surface area contributed by atoms with Crippen LogP contribution in [0.1, 0.15) is 37.6 Å². The minimum Gasteiger partial charge on any atom is -0.507 e. The second-order valence-electron chi connectivity index (χ2n) is 5.56. The van der Waals surface area contributed by atoms with Crippen LogP contribution in [0, 0.1) is 5.92 Å². The number of benzene rings is 1. The number of phenolic OH excluding ortho intramolecular Hbond substituents is 1. The fourth-order valence-electron chi connectivity index (χ4n) is 2.10. The van der Waals surface area contributed by atoms with Gasteiger partial charge in [0.15, 0.2) is 0 Å². The monoisotopic (exact) mass is 342 g/mol. The van der Waals surface area contributed by atoms with Gasteiger partial charge in [-0.15, -0.1) is 0 Å². The van der Waals surface area contributed by atoms with E-state index in [-0.39, 0.29) is 30.5 Å². The summed E-state index contributed by atoms with van der Waals surface area (Å²) in [5.74, 6) is -0.270. The van der Waals surface area contributed by atoms with Crippen molar-refractivity contribution in [3.05, 3.63) is 28.8 Å². The van der Waals surface area contributed by atoms with E-state index in [2.05, 4.69) is 10.6 Å². The van der Waals surface area contributed by atoms with Crippen LogP contribution in [0.2, 0.25) is 5.02 Å². The third-order valence-corrected chi connectivity index (χ3v) is 3.30. The normalized spacial score (nSPS) is 11.9. The van der Waals surface area contributed by atoms with Crippen LogP contribution in [0.15, 0.2) is 18.2 Å². The van der Waals surface area contributed by atoms with Gasteiger partial charge in [-0.05, 0) is 37.5 Å². The van der Waals surface area contributed by atoms with Gasteiger partial charge in [0.1, 0.15) is 5.75 Å². The highest BCUT2D eigenvalue weighted by molar-refractivity contribution is 6.31. The Kier molecular flexibility index (Phi) is 7.68. The fourth-order valence-corrected chi connectivity index (χ4v) is 2.28. The van der Waals surface area contributed by atoms with Gasteiger partial charge >= 0.3 is 6.09 Å². The molecule has 128 valence electrons. The summed E-state index contributed by atoms with van der Waals surface area (Å²) >= 11 is 5.83. The van der Waals surface area contributed by atoms with Crippen LogP contribution < -0.4 is 10.6 Å². The molecule has 0 spiro atoms. The van der Waals surface area contributed by atoms with Crippen molar-refractivity contribution in [1.29, 1.82) is 0 Å². The van der Waals surface area contributed by atoms with Gasteiger partial charge in [0.25, 0.3) is 5.91 Å². The van der Waals surface area contributed by atoms with Gasteiger partial charge in [-0.1, -0.05) is 25.4 Å². The molecule has 0 saturated carbocycles. The van der Waals surface area contributed by atoms with Gasteiger partial charge in [0.05, 0.1) is 12.2 Å². The number of halogens is 1. The zero-order chi connectivity index (χ0) is 17.4. The maximum absolute atomic E-state index is 12.1. The predicted octanol–water partition coefficient (Wildman–Crippen LogP) is 2.94. The summed E-state index contributed by atoms with van der Waals surface area (Å²) in [6.07, 6.45) is 0.165. The lowest BCUT2D eigenvalue weighted by molar-refractivity contribution is 0.0942. The highest BCUT2D eigenvalue weighted by Gasteiger charge is 2.17. The van der Waals surface area contributed by atoms with Crippen LogP contribution in [0.4, 0.5) is 4.79 Å². The van der Waals surface area contributed by atoms with Crippen LogP contribution in [-0.4, -0.2) is 36.3 Å². The van der Waals surface area contributed by atoms with Crippen molar-refractivity contribution in [2.75, 3.05) is 13.2 Å². The van der Waals surface area contributed by atoms with Crippen LogP contribution >= 0.6 is 11.6 Å². The Hall–Kier alpha value is -1.95. The Morgan fingerprint density at radius 1 is 1.35 bits per heavy atom.